The van der Waals surface area contributed by atoms with Gasteiger partial charge in [0.2, 0.25) is 10.0 Å². The first-order valence-corrected chi connectivity index (χ1v) is 7.98. The van der Waals surface area contributed by atoms with Gasteiger partial charge in [0.25, 0.3) is 5.91 Å². The van der Waals surface area contributed by atoms with Crippen LogP contribution in [0.4, 0.5) is 0 Å². The molecule has 1 aromatic carbocycles. The largest absolute Gasteiger partial charge is 0.352 e. The van der Waals surface area contributed by atoms with Crippen LogP contribution in [0.5, 0.6) is 0 Å². The Morgan fingerprint density at radius 3 is 2.50 bits per heavy atom. The maximum Gasteiger partial charge on any atom is 0.251 e. The van der Waals surface area contributed by atoms with Gasteiger partial charge in [0.05, 0.1) is 4.90 Å². The Morgan fingerprint density at radius 2 is 1.95 bits per heavy atom. The lowest BCUT2D eigenvalue weighted by molar-refractivity contribution is 0.0953. The average Bonchev–Trinajstić information content (AvgIpc) is 2.45. The van der Waals surface area contributed by atoms with Crippen LogP contribution in [-0.4, -0.2) is 27.4 Å². The summed E-state index contributed by atoms with van der Waals surface area (Å²) in [6.07, 6.45) is 3.39. The Hall–Kier alpha value is -1.66. The molecule has 0 aliphatic carbocycles. The number of nitrogens with one attached hydrogen (secondary N) is 2. The molecule has 2 N–H and O–H groups in total. The predicted molar refractivity (Wildman–Crippen MR) is 79.1 cm³/mol. The van der Waals surface area contributed by atoms with Crippen molar-refractivity contribution in [1.82, 2.24) is 10.0 Å². The molecule has 0 fully saturated rings. The summed E-state index contributed by atoms with van der Waals surface area (Å²) in [5.41, 5.74) is 0.448. The Labute approximate surface area is 120 Å². The second kappa shape index (κ2) is 7.81. The van der Waals surface area contributed by atoms with Crippen LogP contribution in [0.3, 0.4) is 0 Å². The number of unbranched alkanes of at least 4 members (excludes halogenated alkanes) is 1. The van der Waals surface area contributed by atoms with Crippen molar-refractivity contribution in [3.05, 3.63) is 42.5 Å². The van der Waals surface area contributed by atoms with Gasteiger partial charge in [-0.3, -0.25) is 4.79 Å². The molecular formula is C14H20N2O3S. The summed E-state index contributed by atoms with van der Waals surface area (Å²) in [4.78, 5) is 11.9. The van der Waals surface area contributed by atoms with Crippen LogP contribution in [0.25, 0.3) is 0 Å². The van der Waals surface area contributed by atoms with Crippen molar-refractivity contribution in [2.75, 3.05) is 13.1 Å². The SMILES string of the molecule is C=CCNS(=O)(=O)c1ccc(C(=O)NCCCC)cc1. The number of sulfonamides is 1. The molecule has 0 saturated heterocycles. The van der Waals surface area contributed by atoms with Gasteiger partial charge in [0.1, 0.15) is 0 Å². The van der Waals surface area contributed by atoms with Gasteiger partial charge in [-0.15, -0.1) is 6.58 Å². The van der Waals surface area contributed by atoms with E-state index >= 15 is 0 Å². The summed E-state index contributed by atoms with van der Waals surface area (Å²) < 4.78 is 26.0. The second-order valence-corrected chi connectivity index (χ2v) is 6.04. The zero-order valence-corrected chi connectivity index (χ0v) is 12.4. The van der Waals surface area contributed by atoms with Crippen LogP contribution in [0.1, 0.15) is 30.1 Å². The fourth-order valence-electron chi connectivity index (χ4n) is 1.52. The second-order valence-electron chi connectivity index (χ2n) is 4.27. The molecule has 110 valence electrons. The lowest BCUT2D eigenvalue weighted by atomic mass is 10.2. The summed E-state index contributed by atoms with van der Waals surface area (Å²) in [6, 6.07) is 5.84. The molecule has 1 rings (SSSR count). The van der Waals surface area contributed by atoms with Crippen molar-refractivity contribution in [2.24, 2.45) is 0 Å². The van der Waals surface area contributed by atoms with Gasteiger partial charge in [0.15, 0.2) is 0 Å². The van der Waals surface area contributed by atoms with E-state index in [1.54, 1.807) is 0 Å². The molecule has 5 nitrogen and oxygen atoms in total. The molecule has 6 heteroatoms. The molecule has 0 atom stereocenters. The Kier molecular flexibility index (Phi) is 6.41. The van der Waals surface area contributed by atoms with Gasteiger partial charge in [-0.2, -0.15) is 0 Å². The average molecular weight is 296 g/mol. The summed E-state index contributed by atoms with van der Waals surface area (Å²) in [5, 5.41) is 2.78. The molecule has 0 spiro atoms. The van der Waals surface area contributed by atoms with Gasteiger partial charge in [-0.25, -0.2) is 13.1 Å². The van der Waals surface area contributed by atoms with Crippen molar-refractivity contribution >= 4 is 15.9 Å². The third kappa shape index (κ3) is 4.79. The van der Waals surface area contributed by atoms with E-state index in [4.69, 9.17) is 0 Å². The van der Waals surface area contributed by atoms with Crippen molar-refractivity contribution in [1.29, 1.82) is 0 Å². The predicted octanol–water partition coefficient (Wildman–Crippen LogP) is 1.68. The quantitative estimate of drug-likeness (QED) is 0.566. The molecule has 0 aromatic heterocycles. The highest BCUT2D eigenvalue weighted by Gasteiger charge is 2.13. The summed E-state index contributed by atoms with van der Waals surface area (Å²) in [7, 11) is -3.54. The third-order valence-electron chi connectivity index (χ3n) is 2.66. The van der Waals surface area contributed by atoms with Gasteiger partial charge >= 0.3 is 0 Å². The smallest absolute Gasteiger partial charge is 0.251 e. The highest BCUT2D eigenvalue weighted by Crippen LogP contribution is 2.10. The molecular weight excluding hydrogens is 276 g/mol. The monoisotopic (exact) mass is 296 g/mol. The van der Waals surface area contributed by atoms with Gasteiger partial charge in [-0.1, -0.05) is 19.4 Å². The molecule has 1 aromatic rings. The highest BCUT2D eigenvalue weighted by molar-refractivity contribution is 7.89. The number of carbonyl (C=O) groups excluding carboxylic acids is 1. The molecule has 20 heavy (non-hydrogen) atoms. The van der Waals surface area contributed by atoms with E-state index in [1.165, 1.54) is 30.3 Å². The molecule has 0 heterocycles. The molecule has 0 aliphatic rings. The zero-order chi connectivity index (χ0) is 15.0. The van der Waals surface area contributed by atoms with Crippen LogP contribution in [0.15, 0.2) is 41.8 Å². The van der Waals surface area contributed by atoms with Crippen molar-refractivity contribution in [3.8, 4) is 0 Å². The number of amides is 1. The van der Waals surface area contributed by atoms with E-state index in [-0.39, 0.29) is 17.3 Å². The summed E-state index contributed by atoms with van der Waals surface area (Å²) in [5.74, 6) is -0.193. The number of carbonyl (C=O) groups is 1. The molecule has 0 radical (unpaired) electrons. The van der Waals surface area contributed by atoms with Crippen molar-refractivity contribution in [2.45, 2.75) is 24.7 Å². The highest BCUT2D eigenvalue weighted by atomic mass is 32.2. The van der Waals surface area contributed by atoms with Crippen LogP contribution in [-0.2, 0) is 10.0 Å². The van der Waals surface area contributed by atoms with E-state index in [0.29, 0.717) is 12.1 Å². The van der Waals surface area contributed by atoms with Crippen LogP contribution in [0, 0.1) is 0 Å². The van der Waals surface area contributed by atoms with Gasteiger partial charge < -0.3 is 5.32 Å². The van der Waals surface area contributed by atoms with Crippen LogP contribution >= 0.6 is 0 Å². The lowest BCUT2D eigenvalue weighted by Crippen LogP contribution is -2.25. The number of benzene rings is 1. The number of hydrogen-bond acceptors (Lipinski definition) is 3. The minimum Gasteiger partial charge on any atom is -0.352 e. The lowest BCUT2D eigenvalue weighted by Gasteiger charge is -2.07. The summed E-state index contributed by atoms with van der Waals surface area (Å²) >= 11 is 0. The standard InChI is InChI=1S/C14H20N2O3S/c1-3-5-11-15-14(17)12-6-8-13(9-7-12)20(18,19)16-10-4-2/h4,6-9,16H,2-3,5,10-11H2,1H3,(H,15,17). The third-order valence-corrected chi connectivity index (χ3v) is 4.10. The maximum absolute atomic E-state index is 11.8. The fraction of sp³-hybridized carbons (Fsp3) is 0.357. The molecule has 0 unspecified atom stereocenters. The van der Waals surface area contributed by atoms with Crippen LogP contribution in [0.2, 0.25) is 0 Å². The first-order valence-electron chi connectivity index (χ1n) is 6.50. The van der Waals surface area contributed by atoms with E-state index in [1.807, 2.05) is 6.92 Å². The topological polar surface area (TPSA) is 75.3 Å². The zero-order valence-electron chi connectivity index (χ0n) is 11.6. The van der Waals surface area contributed by atoms with Crippen molar-refractivity contribution < 1.29 is 13.2 Å². The normalized spacial score (nSPS) is 11.1. The first-order chi connectivity index (χ1) is 9.51. The minimum atomic E-state index is -3.54. The Bertz CT molecular complexity index is 550. The fourth-order valence-corrected chi connectivity index (χ4v) is 2.52. The Morgan fingerprint density at radius 1 is 1.30 bits per heavy atom. The van der Waals surface area contributed by atoms with Crippen LogP contribution < -0.4 is 10.0 Å². The summed E-state index contributed by atoms with van der Waals surface area (Å²) in [6.45, 7) is 6.28. The van der Waals surface area contributed by atoms with Gasteiger partial charge in [0, 0.05) is 18.7 Å². The van der Waals surface area contributed by atoms with E-state index in [9.17, 15) is 13.2 Å². The van der Waals surface area contributed by atoms with Crippen molar-refractivity contribution in [3.63, 3.8) is 0 Å². The molecule has 0 bridgehead atoms. The molecule has 1 amide bonds. The molecule has 0 aliphatic heterocycles. The van der Waals surface area contributed by atoms with E-state index in [2.05, 4.69) is 16.6 Å². The Balaban J connectivity index is 2.73. The van der Waals surface area contributed by atoms with Gasteiger partial charge in [-0.05, 0) is 30.7 Å². The first kappa shape index (κ1) is 16.4. The maximum atomic E-state index is 11.8. The van der Waals surface area contributed by atoms with E-state index in [0.717, 1.165) is 12.8 Å². The molecule has 0 saturated carbocycles. The number of hydrogen-bond donors (Lipinski definition) is 2. The number of rotatable bonds is 8. The minimum absolute atomic E-state index is 0.129. The van der Waals surface area contributed by atoms with E-state index < -0.39 is 10.0 Å².